The van der Waals surface area contributed by atoms with Crippen LogP contribution >= 0.6 is 0 Å². The van der Waals surface area contributed by atoms with Crippen molar-refractivity contribution in [2.24, 2.45) is 0 Å². The van der Waals surface area contributed by atoms with E-state index in [9.17, 15) is 9.90 Å². The predicted octanol–water partition coefficient (Wildman–Crippen LogP) is 3.87. The molecule has 1 aliphatic rings. The normalized spacial score (nSPS) is 14.4. The van der Waals surface area contributed by atoms with Crippen LogP contribution in [0.15, 0.2) is 48.4 Å². The van der Waals surface area contributed by atoms with Crippen molar-refractivity contribution in [1.29, 1.82) is 0 Å². The van der Waals surface area contributed by atoms with Gasteiger partial charge in [-0.1, -0.05) is 36.4 Å². The largest absolute Gasteiger partial charge is 0.512 e. The van der Waals surface area contributed by atoms with Gasteiger partial charge in [0.05, 0.1) is 17.7 Å². The molecule has 0 fully saturated rings. The number of ketones is 1. The van der Waals surface area contributed by atoms with Crippen LogP contribution in [0.3, 0.4) is 0 Å². The van der Waals surface area contributed by atoms with Gasteiger partial charge in [-0.05, 0) is 10.8 Å². The van der Waals surface area contributed by atoms with Crippen molar-refractivity contribution in [2.45, 2.75) is 6.42 Å². The lowest BCUT2D eigenvalue weighted by Gasteiger charge is -2.15. The average molecular weight is 261 g/mol. The number of carbonyl (C=O) groups excluding carboxylic acids is 1. The molecule has 0 bridgehead atoms. The Morgan fingerprint density at radius 3 is 2.75 bits per heavy atom. The van der Waals surface area contributed by atoms with Crippen molar-refractivity contribution >= 4 is 33.4 Å². The molecule has 1 aliphatic carbocycles. The molecule has 2 aromatic carbocycles. The summed E-state index contributed by atoms with van der Waals surface area (Å²) in [6, 6.07) is 12.0. The maximum absolute atomic E-state index is 12.3. The van der Waals surface area contributed by atoms with Gasteiger partial charge in [0.15, 0.2) is 5.78 Å². The van der Waals surface area contributed by atoms with E-state index in [1.54, 1.807) is 12.3 Å². The highest BCUT2D eigenvalue weighted by Gasteiger charge is 2.22. The Labute approximate surface area is 115 Å². The molecule has 1 heterocycles. The lowest BCUT2D eigenvalue weighted by Crippen LogP contribution is -2.10. The topological polar surface area (TPSA) is 50.2 Å². The van der Waals surface area contributed by atoms with Crippen molar-refractivity contribution in [3.8, 4) is 0 Å². The summed E-state index contributed by atoms with van der Waals surface area (Å²) in [4.78, 5) is 16.6. The summed E-state index contributed by atoms with van der Waals surface area (Å²) >= 11 is 0. The molecule has 0 saturated carbocycles. The quantitative estimate of drug-likeness (QED) is 0.625. The first kappa shape index (κ1) is 11.2. The molecule has 1 aromatic heterocycles. The summed E-state index contributed by atoms with van der Waals surface area (Å²) in [5.74, 6) is 0.00374. The van der Waals surface area contributed by atoms with Crippen LogP contribution in [0.2, 0.25) is 0 Å². The maximum atomic E-state index is 12.3. The molecule has 96 valence electrons. The first-order valence-electron chi connectivity index (χ1n) is 6.47. The second-order valence-electron chi connectivity index (χ2n) is 5.00. The lowest BCUT2D eigenvalue weighted by molar-refractivity contribution is 0.0979. The van der Waals surface area contributed by atoms with Gasteiger partial charge < -0.3 is 5.11 Å². The van der Waals surface area contributed by atoms with E-state index in [4.69, 9.17) is 0 Å². The molecule has 3 heteroatoms. The van der Waals surface area contributed by atoms with Crippen LogP contribution in [0.25, 0.3) is 27.6 Å². The van der Waals surface area contributed by atoms with E-state index in [2.05, 4.69) is 4.98 Å². The van der Waals surface area contributed by atoms with E-state index in [0.717, 1.165) is 21.5 Å². The minimum absolute atomic E-state index is 0.0526. The van der Waals surface area contributed by atoms with E-state index >= 15 is 0 Å². The number of carbonyl (C=O) groups is 1. The Morgan fingerprint density at radius 1 is 1.05 bits per heavy atom. The van der Waals surface area contributed by atoms with Crippen molar-refractivity contribution in [3.63, 3.8) is 0 Å². The van der Waals surface area contributed by atoms with Crippen molar-refractivity contribution in [2.75, 3.05) is 0 Å². The highest BCUT2D eigenvalue weighted by Crippen LogP contribution is 2.33. The van der Waals surface area contributed by atoms with Gasteiger partial charge in [0.1, 0.15) is 5.76 Å². The van der Waals surface area contributed by atoms with Crippen LogP contribution in [0.5, 0.6) is 0 Å². The molecule has 0 aliphatic heterocycles. The number of benzene rings is 2. The van der Waals surface area contributed by atoms with Gasteiger partial charge in [-0.3, -0.25) is 9.78 Å². The van der Waals surface area contributed by atoms with E-state index < -0.39 is 0 Å². The molecule has 3 nitrogen and oxygen atoms in total. The average Bonchev–Trinajstić information content (AvgIpc) is 2.46. The molecule has 0 spiro atoms. The summed E-state index contributed by atoms with van der Waals surface area (Å²) in [7, 11) is 0. The number of hydrogen-bond donors (Lipinski definition) is 1. The van der Waals surface area contributed by atoms with E-state index in [0.29, 0.717) is 11.3 Å². The number of aliphatic hydroxyl groups excluding tert-OH is 1. The predicted molar refractivity (Wildman–Crippen MR) is 78.8 cm³/mol. The first-order chi connectivity index (χ1) is 9.74. The molecule has 0 unspecified atom stereocenters. The highest BCUT2D eigenvalue weighted by molar-refractivity contribution is 6.20. The summed E-state index contributed by atoms with van der Waals surface area (Å²) in [5, 5.41) is 13.6. The molecular formula is C17H11NO2. The van der Waals surface area contributed by atoms with Crippen LogP contribution < -0.4 is 0 Å². The second-order valence-corrected chi connectivity index (χ2v) is 5.00. The van der Waals surface area contributed by atoms with Crippen molar-refractivity contribution < 1.29 is 9.90 Å². The zero-order valence-corrected chi connectivity index (χ0v) is 10.6. The van der Waals surface area contributed by atoms with E-state index in [-0.39, 0.29) is 18.0 Å². The third-order valence-corrected chi connectivity index (χ3v) is 3.73. The molecule has 0 radical (unpaired) electrons. The fourth-order valence-electron chi connectivity index (χ4n) is 2.86. The molecule has 3 aromatic rings. The monoisotopic (exact) mass is 261 g/mol. The third-order valence-electron chi connectivity index (χ3n) is 3.73. The van der Waals surface area contributed by atoms with Crippen LogP contribution in [0.1, 0.15) is 22.5 Å². The first-order valence-corrected chi connectivity index (χ1v) is 6.47. The Morgan fingerprint density at radius 2 is 1.85 bits per heavy atom. The molecule has 0 amide bonds. The number of aliphatic hydroxyl groups is 1. The smallest absolute Gasteiger partial charge is 0.173 e. The van der Waals surface area contributed by atoms with Gasteiger partial charge >= 0.3 is 0 Å². The number of nitrogens with zero attached hydrogens (tertiary/aromatic N) is 1. The minimum atomic E-state index is -0.0746. The summed E-state index contributed by atoms with van der Waals surface area (Å²) in [6.07, 6.45) is 3.39. The Hall–Kier alpha value is -2.68. The molecule has 4 rings (SSSR count). The summed E-state index contributed by atoms with van der Waals surface area (Å²) in [6.45, 7) is 0. The van der Waals surface area contributed by atoms with E-state index in [1.807, 2.05) is 36.4 Å². The Kier molecular flexibility index (Phi) is 2.18. The number of fused-ring (bicyclic) bond motifs is 5. The van der Waals surface area contributed by atoms with Gasteiger partial charge in [0, 0.05) is 23.0 Å². The van der Waals surface area contributed by atoms with Crippen LogP contribution in [-0.4, -0.2) is 15.9 Å². The lowest BCUT2D eigenvalue weighted by atomic mass is 9.91. The molecule has 1 N–H and O–H groups in total. The van der Waals surface area contributed by atoms with Crippen LogP contribution in [0.4, 0.5) is 0 Å². The van der Waals surface area contributed by atoms with Crippen LogP contribution in [0, 0.1) is 0 Å². The van der Waals surface area contributed by atoms with E-state index in [1.165, 1.54) is 0 Å². The van der Waals surface area contributed by atoms with Gasteiger partial charge in [-0.25, -0.2) is 0 Å². The second kappa shape index (κ2) is 3.90. The zero-order chi connectivity index (χ0) is 13.7. The van der Waals surface area contributed by atoms with Crippen LogP contribution in [-0.2, 0) is 0 Å². The fraction of sp³-hybridized carbons (Fsp3) is 0.0588. The molecule has 20 heavy (non-hydrogen) atoms. The molecule has 0 atom stereocenters. The summed E-state index contributed by atoms with van der Waals surface area (Å²) in [5.41, 5.74) is 1.18. The van der Waals surface area contributed by atoms with Gasteiger partial charge in [0.2, 0.25) is 0 Å². The van der Waals surface area contributed by atoms with Gasteiger partial charge in [-0.2, -0.15) is 0 Å². The minimum Gasteiger partial charge on any atom is -0.512 e. The number of hydrogen-bond acceptors (Lipinski definition) is 3. The SMILES string of the molecule is O=C1CC(O)=Cc2ncc3ccc4ccccc4c3c21. The number of allylic oxidation sites excluding steroid dienone is 1. The number of rotatable bonds is 0. The third kappa shape index (κ3) is 1.46. The fourth-order valence-corrected chi connectivity index (χ4v) is 2.86. The van der Waals surface area contributed by atoms with Crippen molar-refractivity contribution in [3.05, 3.63) is 59.6 Å². The number of aromatic nitrogens is 1. The Bertz CT molecular complexity index is 909. The molecule has 0 saturated heterocycles. The van der Waals surface area contributed by atoms with Gasteiger partial charge in [0.25, 0.3) is 0 Å². The summed E-state index contributed by atoms with van der Waals surface area (Å²) < 4.78 is 0. The molecular weight excluding hydrogens is 250 g/mol. The zero-order valence-electron chi connectivity index (χ0n) is 10.6. The van der Waals surface area contributed by atoms with Gasteiger partial charge in [-0.15, -0.1) is 0 Å². The number of Topliss-reactive ketones (excluding diaryl/α,β-unsaturated/α-hetero) is 1. The standard InChI is InChI=1S/C17H11NO2/c19-12-7-14-17(15(20)8-12)16-11(9-18-14)6-5-10-3-1-2-4-13(10)16/h1-7,9,19H,8H2. The van der Waals surface area contributed by atoms with Crippen molar-refractivity contribution in [1.82, 2.24) is 4.98 Å². The highest BCUT2D eigenvalue weighted by atomic mass is 16.3. The maximum Gasteiger partial charge on any atom is 0.173 e. The number of pyridine rings is 1. The Balaban J connectivity index is 2.25.